The zero-order valence-electron chi connectivity index (χ0n) is 29.9. The number of likely N-dealkylation sites (N-methyl/N-ethyl adjacent to an activating group) is 1. The molecule has 4 aliphatic rings. The zero-order chi connectivity index (χ0) is 35.4. The third-order valence-electron chi connectivity index (χ3n) is 11.5. The average Bonchev–Trinajstić information content (AvgIpc) is 3.11. The number of hydrogen-bond donors (Lipinski definition) is 1. The van der Waals surface area contributed by atoms with Gasteiger partial charge in [-0.3, -0.25) is 4.79 Å². The van der Waals surface area contributed by atoms with Crippen LogP contribution in [0.1, 0.15) is 73.4 Å². The number of benzene rings is 2. The van der Waals surface area contributed by atoms with E-state index in [-0.39, 0.29) is 36.3 Å². The normalized spacial score (nSPS) is 30.9. The van der Waals surface area contributed by atoms with E-state index in [0.717, 1.165) is 69.3 Å². The van der Waals surface area contributed by atoms with Gasteiger partial charge in [0.15, 0.2) is 6.29 Å². The summed E-state index contributed by atoms with van der Waals surface area (Å²) < 4.78 is 54.7. The molecule has 3 heterocycles. The number of anilines is 1. The maximum atomic E-state index is 13.8. The Morgan fingerprint density at radius 3 is 2.50 bits per heavy atom. The Bertz CT molecular complexity index is 1580. The van der Waals surface area contributed by atoms with Crippen molar-refractivity contribution in [3.63, 3.8) is 0 Å². The molecule has 1 amide bonds. The van der Waals surface area contributed by atoms with E-state index < -0.39 is 21.2 Å². The number of methoxy groups -OCH3 is 1. The molecule has 2 aromatic carbocycles. The molecule has 10 nitrogen and oxygen atoms in total. The van der Waals surface area contributed by atoms with Gasteiger partial charge >= 0.3 is 0 Å². The van der Waals surface area contributed by atoms with Crippen LogP contribution in [0.5, 0.6) is 5.75 Å². The molecule has 5 atom stereocenters. The fourth-order valence-corrected chi connectivity index (χ4v) is 9.99. The molecule has 0 unspecified atom stereocenters. The third kappa shape index (κ3) is 8.61. The molecule has 1 saturated carbocycles. The van der Waals surface area contributed by atoms with Crippen molar-refractivity contribution in [1.82, 2.24) is 9.62 Å². The van der Waals surface area contributed by atoms with Gasteiger partial charge < -0.3 is 28.7 Å². The Hall–Kier alpha value is -2.41. The molecule has 0 radical (unpaired) electrons. The number of nitrogens with one attached hydrogen (secondary N) is 1. The molecule has 0 aromatic heterocycles. The third-order valence-corrected chi connectivity index (χ3v) is 13.6. The van der Waals surface area contributed by atoms with Crippen LogP contribution in [0, 0.1) is 23.7 Å². The molecule has 50 heavy (non-hydrogen) atoms. The molecule has 2 bridgehead atoms. The summed E-state index contributed by atoms with van der Waals surface area (Å²) in [5.41, 5.74) is 3.36. The summed E-state index contributed by atoms with van der Waals surface area (Å²) in [5.74, 6) is 0.799. The molecule has 6 rings (SSSR count). The number of fused-ring (bicyclic) bond motifs is 3. The molecule has 2 aromatic rings. The van der Waals surface area contributed by atoms with E-state index in [0.29, 0.717) is 48.8 Å². The Labute approximate surface area is 303 Å². The molecule has 0 spiro atoms. The minimum Gasteiger partial charge on any atom is -0.487 e. The van der Waals surface area contributed by atoms with Crippen LogP contribution in [-0.2, 0) is 37.3 Å². The Morgan fingerprint density at radius 2 is 1.78 bits per heavy atom. The summed E-state index contributed by atoms with van der Waals surface area (Å²) in [5, 5.41) is -0.165. The van der Waals surface area contributed by atoms with Crippen LogP contribution < -0.4 is 14.4 Å². The Balaban J connectivity index is 1.36. The summed E-state index contributed by atoms with van der Waals surface area (Å²) in [6, 6.07) is 11.4. The highest BCUT2D eigenvalue weighted by Crippen LogP contribution is 2.46. The number of amides is 1. The molecule has 1 saturated heterocycles. The van der Waals surface area contributed by atoms with Crippen LogP contribution in [0.3, 0.4) is 0 Å². The Morgan fingerprint density at radius 1 is 0.980 bits per heavy atom. The van der Waals surface area contributed by atoms with Crippen molar-refractivity contribution in [2.45, 2.75) is 82.5 Å². The van der Waals surface area contributed by atoms with E-state index in [9.17, 15) is 13.2 Å². The second-order valence-corrected chi connectivity index (χ2v) is 17.3. The molecule has 1 N–H and O–H groups in total. The first kappa shape index (κ1) is 37.4. The number of carbonyl (C=O) groups excluding carboxylic acids is 1. The zero-order valence-corrected chi connectivity index (χ0v) is 31.5. The molecule has 2 fully saturated rings. The van der Waals surface area contributed by atoms with Crippen molar-refractivity contribution >= 4 is 33.2 Å². The molecular formula is C38H54ClN3O7S. The first-order valence-electron chi connectivity index (χ1n) is 18.3. The predicted octanol–water partition coefficient (Wildman–Crippen LogP) is 5.90. The van der Waals surface area contributed by atoms with E-state index in [1.54, 1.807) is 12.1 Å². The van der Waals surface area contributed by atoms with Crippen molar-refractivity contribution < 1.29 is 32.2 Å². The SMILES string of the molecule is COC[C@@H]1[C@@H](C)CCC[C@H]([C@H]2OC[C@@H](N(C)C)CO2)[C@@H]2CC[C@H]2CN2CCCCc3cc(Cl)ccc3COc3ccc(cc32)C(=O)NS1(=O)=O. The van der Waals surface area contributed by atoms with E-state index in [1.807, 2.05) is 31.2 Å². The summed E-state index contributed by atoms with van der Waals surface area (Å²) in [7, 11) is 1.55. The van der Waals surface area contributed by atoms with Crippen LogP contribution in [0.2, 0.25) is 5.02 Å². The summed E-state index contributed by atoms with van der Waals surface area (Å²) in [4.78, 5) is 18.2. The second kappa shape index (κ2) is 16.5. The van der Waals surface area contributed by atoms with Gasteiger partial charge in [-0.05, 0) is 118 Å². The number of hydrogen-bond acceptors (Lipinski definition) is 9. The molecular weight excluding hydrogens is 678 g/mol. The van der Waals surface area contributed by atoms with Crippen molar-refractivity contribution in [1.29, 1.82) is 0 Å². The topological polar surface area (TPSA) is 107 Å². The lowest BCUT2D eigenvalue weighted by molar-refractivity contribution is -0.240. The van der Waals surface area contributed by atoms with E-state index >= 15 is 0 Å². The number of nitrogens with zero attached hydrogens (tertiary/aromatic N) is 2. The molecule has 3 aliphatic heterocycles. The number of carbonyl (C=O) groups is 1. The van der Waals surface area contributed by atoms with Crippen LogP contribution in [0.25, 0.3) is 0 Å². The first-order chi connectivity index (χ1) is 24.0. The predicted molar refractivity (Wildman–Crippen MR) is 195 cm³/mol. The smallest absolute Gasteiger partial charge is 0.264 e. The summed E-state index contributed by atoms with van der Waals surface area (Å²) in [6.07, 6.45) is 7.11. The van der Waals surface area contributed by atoms with Gasteiger partial charge in [-0.2, -0.15) is 0 Å². The van der Waals surface area contributed by atoms with Gasteiger partial charge in [-0.15, -0.1) is 0 Å². The molecule has 276 valence electrons. The largest absolute Gasteiger partial charge is 0.487 e. The maximum Gasteiger partial charge on any atom is 0.264 e. The van der Waals surface area contributed by atoms with Gasteiger partial charge in [0.05, 0.1) is 31.5 Å². The second-order valence-electron chi connectivity index (χ2n) is 15.0. The minimum atomic E-state index is -4.05. The maximum absolute atomic E-state index is 13.8. The highest BCUT2D eigenvalue weighted by molar-refractivity contribution is 7.90. The molecule has 12 heteroatoms. The van der Waals surface area contributed by atoms with Gasteiger partial charge in [0.25, 0.3) is 5.91 Å². The minimum absolute atomic E-state index is 0.00281. The summed E-state index contributed by atoms with van der Waals surface area (Å²) >= 11 is 6.38. The van der Waals surface area contributed by atoms with Crippen LogP contribution in [0.4, 0.5) is 5.69 Å². The standard InChI is InChI=1S/C38H54ClN3O7S/c1-25-8-7-10-33(38-48-22-31(23-49-38)41(2)3)32-15-12-28(32)20-42-17-6-5-9-26-18-30(39)14-11-29(26)21-47-35-16-13-27(19-34(35)42)37(43)40-50(44,45)36(25)24-46-4/h11,13-14,16,18-19,25,28,31-33,36,38H,5-10,12,15,17,20-24H2,1-4H3,(H,40,43)/t25-,28-,31-,32+,33-,36+,38+/m0/s1. The van der Waals surface area contributed by atoms with Crippen molar-refractivity contribution in [2.75, 3.05) is 59.0 Å². The van der Waals surface area contributed by atoms with Gasteiger partial charge in [0.1, 0.15) is 17.6 Å². The number of halogens is 1. The van der Waals surface area contributed by atoms with Crippen LogP contribution >= 0.6 is 11.6 Å². The van der Waals surface area contributed by atoms with Crippen LogP contribution in [0.15, 0.2) is 36.4 Å². The van der Waals surface area contributed by atoms with Crippen molar-refractivity contribution in [3.05, 3.63) is 58.1 Å². The van der Waals surface area contributed by atoms with Gasteiger partial charge in [-0.25, -0.2) is 13.1 Å². The number of sulfonamides is 1. The quantitative estimate of drug-likeness (QED) is 0.412. The fourth-order valence-electron chi connectivity index (χ4n) is 8.20. The molecule has 1 aliphatic carbocycles. The lowest BCUT2D eigenvalue weighted by Crippen LogP contribution is -2.50. The number of rotatable bonds is 4. The van der Waals surface area contributed by atoms with E-state index in [4.69, 9.17) is 30.5 Å². The van der Waals surface area contributed by atoms with Crippen LogP contribution in [-0.4, -0.2) is 90.9 Å². The summed E-state index contributed by atoms with van der Waals surface area (Å²) in [6.45, 7) is 5.14. The average molecular weight is 732 g/mol. The monoisotopic (exact) mass is 731 g/mol. The van der Waals surface area contributed by atoms with Gasteiger partial charge in [-0.1, -0.05) is 31.0 Å². The number of ether oxygens (including phenoxy) is 4. The highest BCUT2D eigenvalue weighted by Gasteiger charge is 2.44. The highest BCUT2D eigenvalue weighted by atomic mass is 35.5. The van der Waals surface area contributed by atoms with E-state index in [1.165, 1.54) is 12.7 Å². The van der Waals surface area contributed by atoms with Gasteiger partial charge in [0, 0.05) is 36.7 Å². The fraction of sp³-hybridized carbons (Fsp3) is 0.658. The Kier molecular flexibility index (Phi) is 12.3. The number of aryl methyl sites for hydroxylation is 1. The van der Waals surface area contributed by atoms with E-state index in [2.05, 4.69) is 28.6 Å². The lowest BCUT2D eigenvalue weighted by atomic mass is 9.65. The van der Waals surface area contributed by atoms with Crippen molar-refractivity contribution in [3.8, 4) is 5.75 Å². The lowest BCUT2D eigenvalue weighted by Gasteiger charge is -2.48. The van der Waals surface area contributed by atoms with Gasteiger partial charge in [0.2, 0.25) is 10.0 Å². The van der Waals surface area contributed by atoms with Crippen molar-refractivity contribution in [2.24, 2.45) is 23.7 Å². The first-order valence-corrected chi connectivity index (χ1v) is 20.2.